The van der Waals surface area contributed by atoms with Crippen molar-refractivity contribution in [3.05, 3.63) is 11.9 Å². The van der Waals surface area contributed by atoms with Crippen LogP contribution in [0.25, 0.3) is 0 Å². The van der Waals surface area contributed by atoms with Gasteiger partial charge in [-0.15, -0.1) is 5.10 Å². The van der Waals surface area contributed by atoms with E-state index in [9.17, 15) is 9.59 Å². The van der Waals surface area contributed by atoms with Crippen molar-refractivity contribution in [2.45, 2.75) is 31.8 Å². The Morgan fingerprint density at radius 3 is 2.84 bits per heavy atom. The predicted octanol–water partition coefficient (Wildman–Crippen LogP) is -0.780. The number of nitrogens with two attached hydrogens (primary N) is 1. The molecule has 0 aromatic carbocycles. The lowest BCUT2D eigenvalue weighted by Gasteiger charge is -2.23. The summed E-state index contributed by atoms with van der Waals surface area (Å²) in [5.74, 6) is -1.05. The Kier molecular flexibility index (Phi) is 3.52. The third-order valence-corrected chi connectivity index (χ3v) is 3.30. The molecule has 104 valence electrons. The normalized spacial score (nSPS) is 17.8. The Morgan fingerprint density at radius 2 is 2.32 bits per heavy atom. The summed E-state index contributed by atoms with van der Waals surface area (Å²) in [6, 6.07) is 0. The van der Waals surface area contributed by atoms with Gasteiger partial charge in [-0.05, 0) is 25.7 Å². The fourth-order valence-corrected chi connectivity index (χ4v) is 1.85. The number of carboxylic acid groups (broad SMARTS) is 1. The van der Waals surface area contributed by atoms with Gasteiger partial charge in [0.25, 0.3) is 0 Å². The van der Waals surface area contributed by atoms with Gasteiger partial charge in [0.2, 0.25) is 5.91 Å². The van der Waals surface area contributed by atoms with Crippen LogP contribution in [0.1, 0.15) is 30.3 Å². The zero-order chi connectivity index (χ0) is 14.0. The topological polar surface area (TPSA) is 123 Å². The first-order valence-electron chi connectivity index (χ1n) is 6.12. The first kappa shape index (κ1) is 13.5. The number of carbonyl (C=O) groups excluding carboxylic acids is 1. The SMILES string of the molecule is CC(N)(C(=O)NCCn1cc(C(=O)O)nn1)C1CC1. The van der Waals surface area contributed by atoms with Crippen LogP contribution in [0.2, 0.25) is 0 Å². The Hall–Kier alpha value is -1.96. The van der Waals surface area contributed by atoms with Crippen molar-refractivity contribution in [1.29, 1.82) is 0 Å². The van der Waals surface area contributed by atoms with Gasteiger partial charge in [-0.25, -0.2) is 9.48 Å². The first-order valence-corrected chi connectivity index (χ1v) is 6.12. The molecule has 8 heteroatoms. The van der Waals surface area contributed by atoms with E-state index >= 15 is 0 Å². The summed E-state index contributed by atoms with van der Waals surface area (Å²) in [5, 5.41) is 18.5. The lowest BCUT2D eigenvalue weighted by atomic mass is 9.96. The molecule has 1 aromatic heterocycles. The van der Waals surface area contributed by atoms with Crippen molar-refractivity contribution in [3.8, 4) is 0 Å². The Bertz CT molecular complexity index is 492. The third-order valence-electron chi connectivity index (χ3n) is 3.30. The van der Waals surface area contributed by atoms with Crippen molar-refractivity contribution >= 4 is 11.9 Å². The van der Waals surface area contributed by atoms with Crippen molar-refractivity contribution in [2.75, 3.05) is 6.54 Å². The molecule has 8 nitrogen and oxygen atoms in total. The molecular formula is C11H17N5O3. The number of aromatic carboxylic acids is 1. The van der Waals surface area contributed by atoms with E-state index in [0.29, 0.717) is 13.1 Å². The second-order valence-corrected chi connectivity index (χ2v) is 4.98. The van der Waals surface area contributed by atoms with E-state index in [0.717, 1.165) is 12.8 Å². The number of hydrogen-bond acceptors (Lipinski definition) is 5. The van der Waals surface area contributed by atoms with Gasteiger partial charge in [-0.1, -0.05) is 5.21 Å². The minimum absolute atomic E-state index is 0.118. The molecule has 0 spiro atoms. The number of nitrogens with one attached hydrogen (secondary N) is 1. The Morgan fingerprint density at radius 1 is 1.63 bits per heavy atom. The van der Waals surface area contributed by atoms with Crippen LogP contribution < -0.4 is 11.1 Å². The van der Waals surface area contributed by atoms with Gasteiger partial charge in [0.05, 0.1) is 18.3 Å². The van der Waals surface area contributed by atoms with E-state index in [-0.39, 0.29) is 17.5 Å². The smallest absolute Gasteiger partial charge is 0.358 e. The minimum Gasteiger partial charge on any atom is -0.476 e. The maximum Gasteiger partial charge on any atom is 0.358 e. The van der Waals surface area contributed by atoms with Crippen LogP contribution in [0, 0.1) is 5.92 Å². The Labute approximate surface area is 110 Å². The largest absolute Gasteiger partial charge is 0.476 e. The second-order valence-electron chi connectivity index (χ2n) is 4.98. The fourth-order valence-electron chi connectivity index (χ4n) is 1.85. The summed E-state index contributed by atoms with van der Waals surface area (Å²) in [6.45, 7) is 2.42. The molecule has 4 N–H and O–H groups in total. The molecule has 0 aliphatic heterocycles. The van der Waals surface area contributed by atoms with Crippen LogP contribution in [0.3, 0.4) is 0 Å². The number of carbonyl (C=O) groups is 2. The zero-order valence-electron chi connectivity index (χ0n) is 10.7. The summed E-state index contributed by atoms with van der Waals surface area (Å²) < 4.78 is 1.37. The maximum atomic E-state index is 11.9. The van der Waals surface area contributed by atoms with Crippen LogP contribution in [0.5, 0.6) is 0 Å². The van der Waals surface area contributed by atoms with Crippen LogP contribution in [-0.4, -0.2) is 44.1 Å². The highest BCUT2D eigenvalue weighted by atomic mass is 16.4. The molecular weight excluding hydrogens is 250 g/mol. The molecule has 0 saturated heterocycles. The number of aromatic nitrogens is 3. The predicted molar refractivity (Wildman–Crippen MR) is 65.3 cm³/mol. The zero-order valence-corrected chi connectivity index (χ0v) is 10.7. The average molecular weight is 267 g/mol. The van der Waals surface area contributed by atoms with E-state index in [2.05, 4.69) is 15.6 Å². The van der Waals surface area contributed by atoms with Crippen molar-refractivity contribution < 1.29 is 14.7 Å². The highest BCUT2D eigenvalue weighted by molar-refractivity contribution is 5.86. The number of hydrogen-bond donors (Lipinski definition) is 3. The first-order chi connectivity index (χ1) is 8.91. The van der Waals surface area contributed by atoms with Gasteiger partial charge < -0.3 is 16.2 Å². The average Bonchev–Trinajstić information content (AvgIpc) is 3.10. The van der Waals surface area contributed by atoms with Crippen LogP contribution >= 0.6 is 0 Å². The maximum absolute atomic E-state index is 11.9. The highest BCUT2D eigenvalue weighted by Gasteiger charge is 2.43. The molecule has 1 unspecified atom stereocenters. The molecule has 1 aliphatic carbocycles. The van der Waals surface area contributed by atoms with Gasteiger partial charge in [-0.2, -0.15) is 0 Å². The van der Waals surface area contributed by atoms with Crippen molar-refractivity contribution in [3.63, 3.8) is 0 Å². The molecule has 1 saturated carbocycles. The summed E-state index contributed by atoms with van der Waals surface area (Å²) in [7, 11) is 0. The molecule has 1 fully saturated rings. The minimum atomic E-state index is -1.13. The standard InChI is InChI=1S/C11H17N5O3/c1-11(12,7-2-3-7)10(19)13-4-5-16-6-8(9(17)18)14-15-16/h6-7H,2-5,12H2,1H3,(H,13,19)(H,17,18). The van der Waals surface area contributed by atoms with E-state index in [1.165, 1.54) is 10.9 Å². The molecule has 0 bridgehead atoms. The molecule has 1 atom stereocenters. The molecule has 1 aliphatic rings. The van der Waals surface area contributed by atoms with Gasteiger partial charge in [0, 0.05) is 6.54 Å². The molecule has 0 radical (unpaired) electrons. The van der Waals surface area contributed by atoms with Crippen LogP contribution in [0.4, 0.5) is 0 Å². The van der Waals surface area contributed by atoms with Gasteiger partial charge >= 0.3 is 5.97 Å². The lowest BCUT2D eigenvalue weighted by Crippen LogP contribution is -2.53. The quantitative estimate of drug-likeness (QED) is 0.621. The molecule has 1 aromatic rings. The van der Waals surface area contributed by atoms with Crippen molar-refractivity contribution in [1.82, 2.24) is 20.3 Å². The fraction of sp³-hybridized carbons (Fsp3) is 0.636. The highest BCUT2D eigenvalue weighted by Crippen LogP contribution is 2.37. The number of carboxylic acids is 1. The van der Waals surface area contributed by atoms with Gasteiger partial charge in [-0.3, -0.25) is 4.79 Å². The molecule has 19 heavy (non-hydrogen) atoms. The molecule has 2 rings (SSSR count). The van der Waals surface area contributed by atoms with Crippen molar-refractivity contribution in [2.24, 2.45) is 11.7 Å². The van der Waals surface area contributed by atoms with Gasteiger partial charge in [0.15, 0.2) is 5.69 Å². The van der Waals surface area contributed by atoms with E-state index in [4.69, 9.17) is 10.8 Å². The summed E-state index contributed by atoms with van der Waals surface area (Å²) in [4.78, 5) is 22.5. The summed E-state index contributed by atoms with van der Waals surface area (Å²) in [6.07, 6.45) is 3.30. The number of nitrogens with zero attached hydrogens (tertiary/aromatic N) is 3. The monoisotopic (exact) mass is 267 g/mol. The Balaban J connectivity index is 1.79. The summed E-state index contributed by atoms with van der Waals surface area (Å²) >= 11 is 0. The van der Waals surface area contributed by atoms with Crippen LogP contribution in [-0.2, 0) is 11.3 Å². The number of amides is 1. The van der Waals surface area contributed by atoms with E-state index in [1.54, 1.807) is 6.92 Å². The lowest BCUT2D eigenvalue weighted by molar-refractivity contribution is -0.126. The molecule has 1 amide bonds. The van der Waals surface area contributed by atoms with E-state index < -0.39 is 11.5 Å². The van der Waals surface area contributed by atoms with Crippen LogP contribution in [0.15, 0.2) is 6.20 Å². The second kappa shape index (κ2) is 4.96. The summed E-state index contributed by atoms with van der Waals surface area (Å²) in [5.41, 5.74) is 5.02. The van der Waals surface area contributed by atoms with E-state index in [1.807, 2.05) is 0 Å². The van der Waals surface area contributed by atoms with Gasteiger partial charge in [0.1, 0.15) is 0 Å². The third kappa shape index (κ3) is 3.08. The molecule has 1 heterocycles. The number of rotatable bonds is 6.